The number of pyridine rings is 1. The molecule has 3 aromatic rings. The number of carbonyl (C=O) groups is 1. The molecule has 1 amide bonds. The molecule has 1 saturated heterocycles. The number of hydrogen-bond acceptors (Lipinski definition) is 4. The van der Waals surface area contributed by atoms with E-state index < -0.39 is 5.54 Å². The summed E-state index contributed by atoms with van der Waals surface area (Å²) in [6.45, 7) is 16.6. The van der Waals surface area contributed by atoms with Gasteiger partial charge in [0.05, 0.1) is 12.3 Å². The molecule has 2 aromatic heterocycles. The van der Waals surface area contributed by atoms with Crippen LogP contribution in [0.15, 0.2) is 41.3 Å². The van der Waals surface area contributed by atoms with Crippen LogP contribution >= 0.6 is 12.2 Å². The molecule has 3 heterocycles. The molecule has 162 valence electrons. The molecule has 0 saturated carbocycles. The van der Waals surface area contributed by atoms with Crippen LogP contribution in [0.3, 0.4) is 0 Å². The van der Waals surface area contributed by atoms with Crippen molar-refractivity contribution in [3.8, 4) is 0 Å². The van der Waals surface area contributed by atoms with Gasteiger partial charge in [0.2, 0.25) is 0 Å². The molecule has 0 N–H and O–H groups in total. The SMILES string of the molecule is [C-]#[N+]c1ccc(N2C(=O)C(C)(C)N(c3cc(C)c4nc(CC)cc(=O)n4c3)C2=S)cc1C. The molecular formula is C24H23N5O2S. The van der Waals surface area contributed by atoms with E-state index in [4.69, 9.17) is 18.8 Å². The van der Waals surface area contributed by atoms with E-state index in [0.29, 0.717) is 34.2 Å². The van der Waals surface area contributed by atoms with Gasteiger partial charge in [-0.25, -0.2) is 9.83 Å². The summed E-state index contributed by atoms with van der Waals surface area (Å²) in [5.41, 5.74) is 3.57. The van der Waals surface area contributed by atoms with Crippen molar-refractivity contribution in [2.24, 2.45) is 0 Å². The van der Waals surface area contributed by atoms with Crippen molar-refractivity contribution >= 4 is 45.9 Å². The van der Waals surface area contributed by atoms with Gasteiger partial charge in [0.25, 0.3) is 11.5 Å². The number of fused-ring (bicyclic) bond motifs is 1. The minimum Gasteiger partial charge on any atom is -0.302 e. The second-order valence-corrected chi connectivity index (χ2v) is 8.78. The zero-order valence-electron chi connectivity index (χ0n) is 18.6. The molecule has 7 nitrogen and oxygen atoms in total. The Morgan fingerprint density at radius 3 is 2.41 bits per heavy atom. The van der Waals surface area contributed by atoms with Crippen LogP contribution in [0.5, 0.6) is 0 Å². The van der Waals surface area contributed by atoms with Gasteiger partial charge in [0, 0.05) is 23.6 Å². The summed E-state index contributed by atoms with van der Waals surface area (Å²) in [6, 6.07) is 8.65. The quantitative estimate of drug-likeness (QED) is 0.443. The fourth-order valence-corrected chi connectivity index (χ4v) is 4.58. The number of anilines is 2. The number of aryl methyl sites for hydroxylation is 3. The summed E-state index contributed by atoms with van der Waals surface area (Å²) < 4.78 is 1.50. The predicted molar refractivity (Wildman–Crippen MR) is 130 cm³/mol. The third kappa shape index (κ3) is 3.17. The second kappa shape index (κ2) is 7.53. The van der Waals surface area contributed by atoms with Gasteiger partial charge < -0.3 is 4.90 Å². The first kappa shape index (κ1) is 21.7. The van der Waals surface area contributed by atoms with Gasteiger partial charge in [0.1, 0.15) is 11.2 Å². The van der Waals surface area contributed by atoms with E-state index in [1.54, 1.807) is 29.3 Å². The van der Waals surface area contributed by atoms with Crippen molar-refractivity contribution in [2.75, 3.05) is 9.80 Å². The van der Waals surface area contributed by atoms with Crippen LogP contribution < -0.4 is 15.4 Å². The van der Waals surface area contributed by atoms with Crippen LogP contribution in [0.25, 0.3) is 10.5 Å². The number of rotatable bonds is 3. The van der Waals surface area contributed by atoms with Crippen LogP contribution in [-0.4, -0.2) is 25.9 Å². The topological polar surface area (TPSA) is 62.3 Å². The number of benzene rings is 1. The number of aromatic nitrogens is 2. The Hall–Kier alpha value is -3.57. The third-order valence-corrected chi connectivity index (χ3v) is 6.20. The van der Waals surface area contributed by atoms with Crippen LogP contribution in [0.4, 0.5) is 17.1 Å². The highest BCUT2D eigenvalue weighted by atomic mass is 32.1. The van der Waals surface area contributed by atoms with Gasteiger partial charge in [-0.05, 0) is 75.7 Å². The molecule has 8 heteroatoms. The number of carbonyl (C=O) groups excluding carboxylic acids is 1. The zero-order valence-corrected chi connectivity index (χ0v) is 19.4. The van der Waals surface area contributed by atoms with Crippen LogP contribution in [-0.2, 0) is 11.2 Å². The highest BCUT2D eigenvalue weighted by Gasteiger charge is 2.50. The Morgan fingerprint density at radius 1 is 1.09 bits per heavy atom. The highest BCUT2D eigenvalue weighted by molar-refractivity contribution is 7.81. The Bertz CT molecular complexity index is 1400. The van der Waals surface area contributed by atoms with Crippen LogP contribution in [0.2, 0.25) is 0 Å². The van der Waals surface area contributed by atoms with E-state index in [2.05, 4.69) is 9.83 Å². The Labute approximate surface area is 191 Å². The zero-order chi connectivity index (χ0) is 23.4. The lowest BCUT2D eigenvalue weighted by molar-refractivity contribution is -0.120. The number of thiocarbonyl (C=S) groups is 1. The largest absolute Gasteiger partial charge is 0.302 e. The van der Waals surface area contributed by atoms with Crippen LogP contribution in [0.1, 0.15) is 37.6 Å². The van der Waals surface area contributed by atoms with Crippen molar-refractivity contribution < 1.29 is 4.79 Å². The molecule has 0 unspecified atom stereocenters. The molecule has 1 aliphatic rings. The molecule has 0 radical (unpaired) electrons. The smallest absolute Gasteiger partial charge is 0.259 e. The van der Waals surface area contributed by atoms with Gasteiger partial charge in [-0.2, -0.15) is 0 Å². The lowest BCUT2D eigenvalue weighted by atomic mass is 10.0. The van der Waals surface area contributed by atoms with Crippen molar-refractivity contribution in [3.05, 3.63) is 75.1 Å². The summed E-state index contributed by atoms with van der Waals surface area (Å²) >= 11 is 5.76. The normalized spacial score (nSPS) is 15.5. The van der Waals surface area contributed by atoms with Gasteiger partial charge in [-0.1, -0.05) is 13.0 Å². The summed E-state index contributed by atoms with van der Waals surface area (Å²) in [5, 5.41) is 0.319. The molecule has 1 aliphatic heterocycles. The first-order chi connectivity index (χ1) is 15.1. The molecule has 0 bridgehead atoms. The molecule has 0 spiro atoms. The van der Waals surface area contributed by atoms with Gasteiger partial charge in [0.15, 0.2) is 10.8 Å². The van der Waals surface area contributed by atoms with Crippen molar-refractivity contribution in [3.63, 3.8) is 0 Å². The Balaban J connectivity index is 1.86. The summed E-state index contributed by atoms with van der Waals surface area (Å²) in [5.74, 6) is -0.179. The maximum atomic E-state index is 13.4. The molecule has 32 heavy (non-hydrogen) atoms. The fourth-order valence-electron chi connectivity index (χ4n) is 4.06. The van der Waals surface area contributed by atoms with Gasteiger partial charge in [-0.15, -0.1) is 0 Å². The van der Waals surface area contributed by atoms with Gasteiger partial charge in [-0.3, -0.25) is 18.9 Å². The Morgan fingerprint density at radius 2 is 1.78 bits per heavy atom. The molecule has 0 aliphatic carbocycles. The van der Waals surface area contributed by atoms with Crippen molar-refractivity contribution in [1.29, 1.82) is 0 Å². The third-order valence-electron chi connectivity index (χ3n) is 5.83. The van der Waals surface area contributed by atoms with E-state index in [1.165, 1.54) is 15.4 Å². The van der Waals surface area contributed by atoms with E-state index in [0.717, 1.165) is 16.8 Å². The molecule has 1 aromatic carbocycles. The summed E-state index contributed by atoms with van der Waals surface area (Å²) in [6.07, 6.45) is 2.36. The predicted octanol–water partition coefficient (Wildman–Crippen LogP) is 4.34. The highest BCUT2D eigenvalue weighted by Crippen LogP contribution is 2.37. The maximum Gasteiger partial charge on any atom is 0.259 e. The minimum absolute atomic E-state index is 0.173. The molecule has 4 rings (SSSR count). The number of hydrogen-bond donors (Lipinski definition) is 0. The van der Waals surface area contributed by atoms with E-state index >= 15 is 0 Å². The monoisotopic (exact) mass is 445 g/mol. The summed E-state index contributed by atoms with van der Waals surface area (Å²) in [7, 11) is 0. The maximum absolute atomic E-state index is 13.4. The average Bonchev–Trinajstić information content (AvgIpc) is 2.92. The Kier molecular flexibility index (Phi) is 5.10. The first-order valence-corrected chi connectivity index (χ1v) is 10.7. The fraction of sp³-hybridized carbons (Fsp3) is 0.292. The summed E-state index contributed by atoms with van der Waals surface area (Å²) in [4.78, 5) is 37.5. The lowest BCUT2D eigenvalue weighted by Crippen LogP contribution is -2.44. The number of nitrogens with zero attached hydrogens (tertiary/aromatic N) is 5. The van der Waals surface area contributed by atoms with E-state index in [9.17, 15) is 9.59 Å². The van der Waals surface area contributed by atoms with E-state index in [-0.39, 0.29) is 11.5 Å². The minimum atomic E-state index is -0.968. The molecule has 1 fully saturated rings. The molecular weight excluding hydrogens is 422 g/mol. The molecule has 0 atom stereocenters. The van der Waals surface area contributed by atoms with Gasteiger partial charge >= 0.3 is 0 Å². The standard InChI is InChI=1S/C24H23N5O2S/c1-7-16-12-20(30)27-13-18(11-15(3)21(27)26-16)29-23(32)28(22(31)24(29,4)5)17-8-9-19(25-6)14(2)10-17/h8-13H,7H2,1-5H3. The van der Waals surface area contributed by atoms with Crippen LogP contribution in [0, 0.1) is 20.4 Å². The van der Waals surface area contributed by atoms with E-state index in [1.807, 2.05) is 40.7 Å². The average molecular weight is 446 g/mol. The van der Waals surface area contributed by atoms with Crippen molar-refractivity contribution in [2.45, 2.75) is 46.6 Å². The first-order valence-electron chi connectivity index (χ1n) is 10.3. The lowest BCUT2D eigenvalue weighted by Gasteiger charge is -2.30. The van der Waals surface area contributed by atoms with Crippen molar-refractivity contribution in [1.82, 2.24) is 9.38 Å². The second-order valence-electron chi connectivity index (χ2n) is 8.41. The number of amides is 1.